The van der Waals surface area contributed by atoms with Crippen molar-refractivity contribution in [3.8, 4) is 0 Å². The molecule has 23 heavy (non-hydrogen) atoms. The summed E-state index contributed by atoms with van der Waals surface area (Å²) in [5.41, 5.74) is 1.41. The molecule has 1 saturated heterocycles. The number of hydrogen-bond acceptors (Lipinski definition) is 4. The van der Waals surface area contributed by atoms with Crippen LogP contribution in [0.1, 0.15) is 23.6 Å². The minimum absolute atomic E-state index is 0.215. The minimum Gasteiger partial charge on any atom is -0.384 e. The van der Waals surface area contributed by atoms with Gasteiger partial charge in [-0.2, -0.15) is 0 Å². The smallest absolute Gasteiger partial charge is 0.0526 e. The maximum Gasteiger partial charge on any atom is 0.0526 e. The van der Waals surface area contributed by atoms with Crippen molar-refractivity contribution in [1.82, 2.24) is 5.32 Å². The fraction of sp³-hybridized carbons (Fsp3) is 0.474. The summed E-state index contributed by atoms with van der Waals surface area (Å²) < 4.78 is 5.66. The molecule has 1 aliphatic heterocycles. The number of ether oxygens (including phenoxy) is 1. The van der Waals surface area contributed by atoms with Gasteiger partial charge in [0.2, 0.25) is 0 Å². The monoisotopic (exact) mass is 330 g/mol. The van der Waals surface area contributed by atoms with Gasteiger partial charge in [0.05, 0.1) is 6.61 Å². The normalized spacial score (nSPS) is 18.5. The zero-order chi connectivity index (χ0) is 16.0. The van der Waals surface area contributed by atoms with Crippen LogP contribution in [0.15, 0.2) is 47.8 Å². The lowest BCUT2D eigenvalue weighted by Gasteiger charge is -2.43. The molecule has 0 spiro atoms. The first-order chi connectivity index (χ1) is 11.3. The van der Waals surface area contributed by atoms with Crippen LogP contribution in [-0.4, -0.2) is 33.4 Å². The van der Waals surface area contributed by atoms with Gasteiger partial charge in [-0.3, -0.25) is 0 Å². The van der Waals surface area contributed by atoms with Crippen molar-refractivity contribution in [2.45, 2.75) is 18.8 Å². The van der Waals surface area contributed by atoms with Crippen LogP contribution in [0.2, 0.25) is 0 Å². The molecule has 1 aromatic heterocycles. The molecule has 0 bridgehead atoms. The Hall–Kier alpha value is -1.36. The summed E-state index contributed by atoms with van der Waals surface area (Å²) in [6.07, 6.45) is 2.33. The maximum absolute atomic E-state index is 5.66. The van der Waals surface area contributed by atoms with E-state index in [1.165, 1.54) is 23.4 Å². The Morgan fingerprint density at radius 1 is 1.17 bits per heavy atom. The summed E-state index contributed by atoms with van der Waals surface area (Å²) >= 11 is 1.87. The van der Waals surface area contributed by atoms with Crippen molar-refractivity contribution in [2.24, 2.45) is 5.41 Å². The lowest BCUT2D eigenvalue weighted by molar-refractivity contribution is 0.0352. The Morgan fingerprint density at radius 2 is 1.96 bits per heavy atom. The second-order valence-electron chi connectivity index (χ2n) is 6.36. The number of para-hydroxylation sites is 1. The second kappa shape index (κ2) is 7.95. The van der Waals surface area contributed by atoms with Crippen LogP contribution in [0.5, 0.6) is 0 Å². The predicted octanol–water partition coefficient (Wildman–Crippen LogP) is 3.96. The lowest BCUT2D eigenvalue weighted by Crippen LogP contribution is -2.45. The highest BCUT2D eigenvalue weighted by Crippen LogP contribution is 2.45. The number of anilines is 1. The molecule has 1 atom stereocenters. The summed E-state index contributed by atoms with van der Waals surface area (Å²) in [4.78, 5) is 1.47. The van der Waals surface area contributed by atoms with Gasteiger partial charge >= 0.3 is 0 Å². The second-order valence-corrected chi connectivity index (χ2v) is 7.34. The van der Waals surface area contributed by atoms with Gasteiger partial charge in [-0.05, 0) is 49.5 Å². The Morgan fingerprint density at radius 3 is 2.61 bits per heavy atom. The quantitative estimate of drug-likeness (QED) is 0.806. The van der Waals surface area contributed by atoms with E-state index < -0.39 is 0 Å². The molecule has 2 aromatic rings. The Bertz CT molecular complexity index is 559. The Labute approximate surface area is 143 Å². The fourth-order valence-electron chi connectivity index (χ4n) is 3.69. The van der Waals surface area contributed by atoms with Crippen molar-refractivity contribution >= 4 is 17.0 Å². The van der Waals surface area contributed by atoms with E-state index in [1.807, 2.05) is 18.4 Å². The summed E-state index contributed by atoms with van der Waals surface area (Å²) in [5.74, 6) is 0.477. The topological polar surface area (TPSA) is 33.3 Å². The van der Waals surface area contributed by atoms with Gasteiger partial charge in [-0.1, -0.05) is 24.3 Å². The average Bonchev–Trinajstić information content (AvgIpc) is 3.11. The van der Waals surface area contributed by atoms with Crippen molar-refractivity contribution in [1.29, 1.82) is 0 Å². The third-order valence-electron chi connectivity index (χ3n) is 4.94. The minimum atomic E-state index is 0.215. The summed E-state index contributed by atoms with van der Waals surface area (Å²) in [5, 5.41) is 9.33. The van der Waals surface area contributed by atoms with Gasteiger partial charge in [0.15, 0.2) is 0 Å². The molecule has 3 rings (SSSR count). The van der Waals surface area contributed by atoms with Crippen LogP contribution in [0.25, 0.3) is 0 Å². The number of rotatable bonds is 7. The highest BCUT2D eigenvalue weighted by molar-refractivity contribution is 7.10. The van der Waals surface area contributed by atoms with Crippen molar-refractivity contribution in [3.63, 3.8) is 0 Å². The van der Waals surface area contributed by atoms with Gasteiger partial charge in [0, 0.05) is 35.6 Å². The molecule has 0 radical (unpaired) electrons. The van der Waals surface area contributed by atoms with E-state index in [-0.39, 0.29) is 5.41 Å². The lowest BCUT2D eigenvalue weighted by atomic mass is 9.68. The molecule has 3 nitrogen and oxygen atoms in total. The molecule has 0 amide bonds. The maximum atomic E-state index is 5.66. The molecule has 4 heteroatoms. The molecule has 0 aliphatic carbocycles. The summed E-state index contributed by atoms with van der Waals surface area (Å²) in [6, 6.07) is 14.9. The first-order valence-electron chi connectivity index (χ1n) is 8.36. The van der Waals surface area contributed by atoms with E-state index >= 15 is 0 Å². The van der Waals surface area contributed by atoms with Gasteiger partial charge in [0.25, 0.3) is 0 Å². The molecule has 1 aromatic carbocycles. The van der Waals surface area contributed by atoms with E-state index in [0.29, 0.717) is 5.92 Å². The largest absolute Gasteiger partial charge is 0.384 e. The zero-order valence-electron chi connectivity index (χ0n) is 13.8. The van der Waals surface area contributed by atoms with E-state index in [2.05, 4.69) is 58.5 Å². The standard InChI is InChI=1S/C19H26N2OS/c1-22-15-19(9-11-20-12-10-19)17(18-8-5-13-23-18)14-21-16-6-3-2-4-7-16/h2-8,13,17,20-21H,9-12,14-15H2,1H3. The van der Waals surface area contributed by atoms with Crippen LogP contribution in [0.3, 0.4) is 0 Å². The first-order valence-corrected chi connectivity index (χ1v) is 9.24. The zero-order valence-corrected chi connectivity index (χ0v) is 14.6. The summed E-state index contributed by atoms with van der Waals surface area (Å²) in [6.45, 7) is 3.94. The number of benzene rings is 1. The number of hydrogen-bond donors (Lipinski definition) is 2. The molecular weight excluding hydrogens is 304 g/mol. The number of piperidine rings is 1. The van der Waals surface area contributed by atoms with Crippen molar-refractivity contribution in [3.05, 3.63) is 52.7 Å². The van der Waals surface area contributed by atoms with E-state index in [1.54, 1.807) is 0 Å². The first kappa shape index (κ1) is 16.5. The van der Waals surface area contributed by atoms with E-state index in [0.717, 1.165) is 26.2 Å². The van der Waals surface area contributed by atoms with Gasteiger partial charge in [0.1, 0.15) is 0 Å². The Kier molecular flexibility index (Phi) is 5.70. The summed E-state index contributed by atoms with van der Waals surface area (Å²) in [7, 11) is 1.83. The predicted molar refractivity (Wildman–Crippen MR) is 98.4 cm³/mol. The third kappa shape index (κ3) is 3.94. The SMILES string of the molecule is COCC1(C(CNc2ccccc2)c2cccs2)CCNCC1. The van der Waals surface area contributed by atoms with Crippen molar-refractivity contribution < 1.29 is 4.74 Å². The number of nitrogens with one attached hydrogen (secondary N) is 2. The molecule has 2 heterocycles. The Balaban J connectivity index is 1.82. The van der Waals surface area contributed by atoms with Gasteiger partial charge in [-0.15, -0.1) is 11.3 Å². The van der Waals surface area contributed by atoms with Crippen molar-refractivity contribution in [2.75, 3.05) is 38.7 Å². The molecule has 2 N–H and O–H groups in total. The third-order valence-corrected chi connectivity index (χ3v) is 5.93. The highest BCUT2D eigenvalue weighted by Gasteiger charge is 2.41. The van der Waals surface area contributed by atoms with Crippen LogP contribution >= 0.6 is 11.3 Å². The molecule has 0 saturated carbocycles. The van der Waals surface area contributed by atoms with E-state index in [9.17, 15) is 0 Å². The van der Waals surface area contributed by atoms with Crippen LogP contribution in [-0.2, 0) is 4.74 Å². The average molecular weight is 330 g/mol. The van der Waals surface area contributed by atoms with E-state index in [4.69, 9.17) is 4.74 Å². The number of methoxy groups -OCH3 is 1. The van der Waals surface area contributed by atoms with Crippen LogP contribution < -0.4 is 10.6 Å². The molecular formula is C19H26N2OS. The highest BCUT2D eigenvalue weighted by atomic mass is 32.1. The van der Waals surface area contributed by atoms with Crippen LogP contribution in [0.4, 0.5) is 5.69 Å². The molecule has 1 fully saturated rings. The molecule has 1 aliphatic rings. The fourth-order valence-corrected chi connectivity index (χ4v) is 4.66. The van der Waals surface area contributed by atoms with Crippen LogP contribution in [0, 0.1) is 5.41 Å². The number of thiophene rings is 1. The molecule has 1 unspecified atom stereocenters. The van der Waals surface area contributed by atoms with Gasteiger partial charge < -0.3 is 15.4 Å². The molecule has 124 valence electrons. The van der Waals surface area contributed by atoms with Gasteiger partial charge in [-0.25, -0.2) is 0 Å².